The molecule has 2 atom stereocenters. The molecule has 1 saturated heterocycles. The summed E-state index contributed by atoms with van der Waals surface area (Å²) in [5.74, 6) is 0. The lowest BCUT2D eigenvalue weighted by atomic mass is 9.82. The van der Waals surface area contributed by atoms with Gasteiger partial charge in [-0.2, -0.15) is 0 Å². The first kappa shape index (κ1) is 12.4. The molecule has 0 amide bonds. The van der Waals surface area contributed by atoms with E-state index in [0.29, 0.717) is 17.6 Å². The van der Waals surface area contributed by atoms with E-state index in [4.69, 9.17) is 4.74 Å². The van der Waals surface area contributed by atoms with Gasteiger partial charge in [-0.1, -0.05) is 32.6 Å². The van der Waals surface area contributed by atoms with E-state index in [2.05, 4.69) is 19.2 Å². The van der Waals surface area contributed by atoms with E-state index in [-0.39, 0.29) is 0 Å². The van der Waals surface area contributed by atoms with E-state index in [1.165, 1.54) is 51.5 Å². The SMILES string of the molecule is CC1OCCC1NCC1(C)CCCCCC1. The summed E-state index contributed by atoms with van der Waals surface area (Å²) in [6.45, 7) is 6.78. The van der Waals surface area contributed by atoms with Crippen molar-refractivity contribution >= 4 is 0 Å². The second kappa shape index (κ2) is 5.50. The lowest BCUT2D eigenvalue weighted by molar-refractivity contribution is 0.109. The Kier molecular flexibility index (Phi) is 4.26. The average molecular weight is 225 g/mol. The summed E-state index contributed by atoms with van der Waals surface area (Å²) in [4.78, 5) is 0. The molecule has 0 spiro atoms. The molecule has 0 radical (unpaired) electrons. The summed E-state index contributed by atoms with van der Waals surface area (Å²) in [7, 11) is 0. The normalized spacial score (nSPS) is 34.9. The van der Waals surface area contributed by atoms with E-state index < -0.39 is 0 Å². The first-order valence-corrected chi connectivity index (χ1v) is 7.05. The van der Waals surface area contributed by atoms with Crippen LogP contribution in [0.1, 0.15) is 58.8 Å². The summed E-state index contributed by atoms with van der Waals surface area (Å²) in [6, 6.07) is 0.597. The number of hydrogen-bond acceptors (Lipinski definition) is 2. The van der Waals surface area contributed by atoms with Crippen molar-refractivity contribution in [3.63, 3.8) is 0 Å². The Balaban J connectivity index is 1.78. The van der Waals surface area contributed by atoms with Crippen LogP contribution in [-0.2, 0) is 4.74 Å². The van der Waals surface area contributed by atoms with E-state index in [1.807, 2.05) is 0 Å². The number of hydrogen-bond donors (Lipinski definition) is 1. The third-order valence-electron chi connectivity index (χ3n) is 4.48. The van der Waals surface area contributed by atoms with E-state index in [9.17, 15) is 0 Å². The lowest BCUT2D eigenvalue weighted by Gasteiger charge is -2.30. The van der Waals surface area contributed by atoms with Gasteiger partial charge >= 0.3 is 0 Å². The van der Waals surface area contributed by atoms with Crippen molar-refractivity contribution in [1.29, 1.82) is 0 Å². The minimum atomic E-state index is 0.411. The van der Waals surface area contributed by atoms with Gasteiger partial charge in [-0.15, -0.1) is 0 Å². The molecule has 0 bridgehead atoms. The Bertz CT molecular complexity index is 209. The van der Waals surface area contributed by atoms with Crippen LogP contribution in [0.3, 0.4) is 0 Å². The first-order valence-electron chi connectivity index (χ1n) is 7.05. The zero-order valence-corrected chi connectivity index (χ0v) is 10.9. The van der Waals surface area contributed by atoms with Gasteiger partial charge in [0.2, 0.25) is 0 Å². The fourth-order valence-corrected chi connectivity index (χ4v) is 3.14. The van der Waals surface area contributed by atoms with Crippen molar-refractivity contribution in [3.8, 4) is 0 Å². The van der Waals surface area contributed by atoms with Crippen molar-refractivity contribution in [2.75, 3.05) is 13.2 Å². The summed E-state index contributed by atoms with van der Waals surface area (Å²) < 4.78 is 5.60. The molecule has 1 heterocycles. The van der Waals surface area contributed by atoms with Gasteiger partial charge in [0.25, 0.3) is 0 Å². The maximum Gasteiger partial charge on any atom is 0.0700 e. The molecular formula is C14H27NO. The molecule has 2 nitrogen and oxygen atoms in total. The first-order chi connectivity index (χ1) is 7.70. The minimum absolute atomic E-state index is 0.411. The standard InChI is InChI=1S/C14H27NO/c1-12-13(7-10-16-12)15-11-14(2)8-5-3-4-6-9-14/h12-13,15H,3-11H2,1-2H3. The molecule has 0 aromatic carbocycles. The predicted octanol–water partition coefficient (Wildman–Crippen LogP) is 3.11. The van der Waals surface area contributed by atoms with E-state index >= 15 is 0 Å². The highest BCUT2D eigenvalue weighted by Crippen LogP contribution is 2.34. The summed E-state index contributed by atoms with van der Waals surface area (Å²) in [5.41, 5.74) is 0.540. The number of ether oxygens (including phenoxy) is 1. The Morgan fingerprint density at radius 3 is 2.44 bits per heavy atom. The summed E-state index contributed by atoms with van der Waals surface area (Å²) in [6.07, 6.45) is 10.1. The molecule has 0 aromatic rings. The van der Waals surface area contributed by atoms with Crippen LogP contribution < -0.4 is 5.32 Å². The zero-order chi connectivity index (χ0) is 11.4. The third kappa shape index (κ3) is 3.21. The largest absolute Gasteiger partial charge is 0.377 e. The Labute approximate surface area is 100 Å². The molecule has 1 saturated carbocycles. The molecule has 0 aromatic heterocycles. The molecule has 2 aliphatic rings. The quantitative estimate of drug-likeness (QED) is 0.745. The topological polar surface area (TPSA) is 21.3 Å². The molecule has 94 valence electrons. The average Bonchev–Trinajstić information content (AvgIpc) is 2.54. The molecule has 1 aliphatic carbocycles. The van der Waals surface area contributed by atoms with Crippen LogP contribution in [-0.4, -0.2) is 25.3 Å². The second-order valence-corrected chi connectivity index (χ2v) is 6.08. The molecule has 1 aliphatic heterocycles. The van der Waals surface area contributed by atoms with Gasteiger partial charge < -0.3 is 10.1 Å². The number of nitrogens with one attached hydrogen (secondary N) is 1. The van der Waals surface area contributed by atoms with Gasteiger partial charge in [0.1, 0.15) is 0 Å². The Morgan fingerprint density at radius 2 is 1.88 bits per heavy atom. The second-order valence-electron chi connectivity index (χ2n) is 6.08. The van der Waals surface area contributed by atoms with Crippen LogP contribution in [0.2, 0.25) is 0 Å². The van der Waals surface area contributed by atoms with Crippen LogP contribution >= 0.6 is 0 Å². The smallest absolute Gasteiger partial charge is 0.0700 e. The maximum atomic E-state index is 5.60. The van der Waals surface area contributed by atoms with Gasteiger partial charge in [0.05, 0.1) is 6.10 Å². The molecule has 2 fully saturated rings. The van der Waals surface area contributed by atoms with Gasteiger partial charge in [0, 0.05) is 19.2 Å². The highest BCUT2D eigenvalue weighted by Gasteiger charge is 2.29. The summed E-state index contributed by atoms with van der Waals surface area (Å²) in [5, 5.41) is 3.74. The summed E-state index contributed by atoms with van der Waals surface area (Å²) >= 11 is 0. The highest BCUT2D eigenvalue weighted by atomic mass is 16.5. The van der Waals surface area contributed by atoms with Crippen LogP contribution in [0.5, 0.6) is 0 Å². The Morgan fingerprint density at radius 1 is 1.19 bits per heavy atom. The monoisotopic (exact) mass is 225 g/mol. The minimum Gasteiger partial charge on any atom is -0.377 e. The van der Waals surface area contributed by atoms with Crippen LogP contribution in [0.15, 0.2) is 0 Å². The van der Waals surface area contributed by atoms with Gasteiger partial charge in [-0.25, -0.2) is 0 Å². The van der Waals surface area contributed by atoms with Crippen LogP contribution in [0.4, 0.5) is 0 Å². The van der Waals surface area contributed by atoms with Crippen LogP contribution in [0, 0.1) is 5.41 Å². The highest BCUT2D eigenvalue weighted by molar-refractivity contribution is 4.85. The molecular weight excluding hydrogens is 198 g/mol. The van der Waals surface area contributed by atoms with Gasteiger partial charge in [-0.3, -0.25) is 0 Å². The maximum absolute atomic E-state index is 5.60. The fourth-order valence-electron chi connectivity index (χ4n) is 3.14. The molecule has 2 rings (SSSR count). The lowest BCUT2D eigenvalue weighted by Crippen LogP contribution is -2.41. The zero-order valence-electron chi connectivity index (χ0n) is 10.9. The van der Waals surface area contributed by atoms with Gasteiger partial charge in [-0.05, 0) is 31.6 Å². The molecule has 16 heavy (non-hydrogen) atoms. The van der Waals surface area contributed by atoms with Crippen molar-refractivity contribution in [2.45, 2.75) is 70.9 Å². The Hall–Kier alpha value is -0.0800. The van der Waals surface area contributed by atoms with E-state index in [1.54, 1.807) is 0 Å². The predicted molar refractivity (Wildman–Crippen MR) is 67.6 cm³/mol. The molecule has 2 heteroatoms. The number of rotatable bonds is 3. The fraction of sp³-hybridized carbons (Fsp3) is 1.00. The van der Waals surface area contributed by atoms with Gasteiger partial charge in [0.15, 0.2) is 0 Å². The molecule has 1 N–H and O–H groups in total. The van der Waals surface area contributed by atoms with E-state index in [0.717, 1.165) is 6.61 Å². The third-order valence-corrected chi connectivity index (χ3v) is 4.48. The molecule has 2 unspecified atom stereocenters. The van der Waals surface area contributed by atoms with Crippen molar-refractivity contribution < 1.29 is 4.74 Å². The van der Waals surface area contributed by atoms with Crippen LogP contribution in [0.25, 0.3) is 0 Å². The van der Waals surface area contributed by atoms with Crippen molar-refractivity contribution in [3.05, 3.63) is 0 Å². The van der Waals surface area contributed by atoms with Crippen molar-refractivity contribution in [1.82, 2.24) is 5.32 Å². The van der Waals surface area contributed by atoms with Crippen molar-refractivity contribution in [2.24, 2.45) is 5.41 Å².